The average Bonchev–Trinajstić information content (AvgIpc) is 3.14. The van der Waals surface area contributed by atoms with Gasteiger partial charge in [0.2, 0.25) is 0 Å². The van der Waals surface area contributed by atoms with Gasteiger partial charge in [-0.15, -0.1) is 0 Å². The minimum atomic E-state index is -3.73. The molecule has 1 aliphatic heterocycles. The second-order valence-corrected chi connectivity index (χ2v) is 8.86. The summed E-state index contributed by atoms with van der Waals surface area (Å²) < 4.78 is 27.7. The molecule has 2 aromatic carbocycles. The van der Waals surface area contributed by atoms with Gasteiger partial charge in [-0.05, 0) is 31.2 Å². The monoisotopic (exact) mass is 375 g/mol. The lowest BCUT2D eigenvalue weighted by Gasteiger charge is -2.27. The normalized spacial score (nSPS) is 16.5. The number of anilines is 1. The molecule has 2 N–H and O–H groups in total. The van der Waals surface area contributed by atoms with Gasteiger partial charge in [0.15, 0.2) is 0 Å². The van der Waals surface area contributed by atoms with E-state index in [1.54, 1.807) is 42.5 Å². The fraction of sp³-hybridized carbons (Fsp3) is 0.400. The first-order valence-corrected chi connectivity index (χ1v) is 10.6. The maximum absolute atomic E-state index is 13.2. The maximum Gasteiger partial charge on any atom is 0.264 e. The minimum absolute atomic E-state index is 0.0593. The summed E-state index contributed by atoms with van der Waals surface area (Å²) in [6, 6.07) is 15.8. The molecule has 0 saturated carbocycles. The van der Waals surface area contributed by atoms with Gasteiger partial charge >= 0.3 is 0 Å². The topological polar surface area (TPSA) is 62.1 Å². The second-order valence-electron chi connectivity index (χ2n) is 7.00. The highest BCUT2D eigenvalue weighted by atomic mass is 32.2. The molecule has 0 unspecified atom stereocenters. The van der Waals surface area contributed by atoms with Crippen LogP contribution >= 0.6 is 0 Å². The Balaban J connectivity index is 1.87. The summed E-state index contributed by atoms with van der Waals surface area (Å²) in [6.07, 6.45) is 1.64. The number of quaternary nitrogens is 1. The van der Waals surface area contributed by atoms with Crippen molar-refractivity contribution in [3.63, 3.8) is 0 Å². The molecule has 1 atom stereocenters. The van der Waals surface area contributed by atoms with Gasteiger partial charge in [0.25, 0.3) is 10.0 Å². The number of rotatable bonds is 7. The van der Waals surface area contributed by atoms with Crippen molar-refractivity contribution in [3.8, 4) is 0 Å². The van der Waals surface area contributed by atoms with Crippen LogP contribution in [0.15, 0.2) is 59.5 Å². The fourth-order valence-electron chi connectivity index (χ4n) is 3.44. The van der Waals surface area contributed by atoms with Gasteiger partial charge < -0.3 is 10.0 Å². The van der Waals surface area contributed by atoms with Crippen molar-refractivity contribution in [1.82, 2.24) is 0 Å². The zero-order valence-corrected chi connectivity index (χ0v) is 16.0. The fourth-order valence-corrected chi connectivity index (χ4v) is 4.96. The van der Waals surface area contributed by atoms with Gasteiger partial charge in [-0.25, -0.2) is 8.42 Å². The van der Waals surface area contributed by atoms with Gasteiger partial charge in [-0.1, -0.05) is 35.9 Å². The lowest BCUT2D eigenvalue weighted by Crippen LogP contribution is -3.11. The molecule has 1 fully saturated rings. The predicted molar refractivity (Wildman–Crippen MR) is 103 cm³/mol. The number of hydrogen-bond donors (Lipinski definition) is 2. The summed E-state index contributed by atoms with van der Waals surface area (Å²) >= 11 is 0. The third kappa shape index (κ3) is 4.44. The Morgan fingerprint density at radius 1 is 1.04 bits per heavy atom. The summed E-state index contributed by atoms with van der Waals surface area (Å²) in [5, 5.41) is 10.6. The zero-order valence-electron chi connectivity index (χ0n) is 15.1. The number of likely N-dealkylation sites (tertiary alicyclic amines) is 1. The number of aliphatic hydroxyl groups excluding tert-OH is 1. The molecule has 6 heteroatoms. The van der Waals surface area contributed by atoms with Crippen LogP contribution in [0, 0.1) is 6.92 Å². The first kappa shape index (κ1) is 18.9. The van der Waals surface area contributed by atoms with Crippen LogP contribution in [-0.4, -0.2) is 45.8 Å². The summed E-state index contributed by atoms with van der Waals surface area (Å²) in [6.45, 7) is 4.70. The van der Waals surface area contributed by atoms with Gasteiger partial charge in [0, 0.05) is 12.8 Å². The quantitative estimate of drug-likeness (QED) is 0.765. The zero-order chi connectivity index (χ0) is 18.6. The Kier molecular flexibility index (Phi) is 5.96. The van der Waals surface area contributed by atoms with E-state index in [9.17, 15) is 13.5 Å². The van der Waals surface area contributed by atoms with Crippen molar-refractivity contribution in [1.29, 1.82) is 0 Å². The largest absolute Gasteiger partial charge is 0.385 e. The third-order valence-electron chi connectivity index (χ3n) is 4.86. The molecule has 26 heavy (non-hydrogen) atoms. The highest BCUT2D eigenvalue weighted by Crippen LogP contribution is 2.24. The summed E-state index contributed by atoms with van der Waals surface area (Å²) in [5.74, 6) is 0. The molecular formula is C20H27N2O3S+. The maximum atomic E-state index is 13.2. The number of aliphatic hydroxyl groups is 1. The molecule has 0 amide bonds. The first-order chi connectivity index (χ1) is 12.5. The van der Waals surface area contributed by atoms with E-state index in [0.717, 1.165) is 18.7 Å². The number of sulfonamides is 1. The van der Waals surface area contributed by atoms with E-state index in [1.807, 2.05) is 19.1 Å². The SMILES string of the molecule is Cc1ccc(N(C[C@H](O)C[NH+]2CCCC2)S(=O)(=O)c2ccccc2)cc1. The molecule has 2 aromatic rings. The van der Waals surface area contributed by atoms with Crippen LogP contribution in [0.5, 0.6) is 0 Å². The van der Waals surface area contributed by atoms with Crippen LogP contribution in [0.25, 0.3) is 0 Å². The van der Waals surface area contributed by atoms with Crippen LogP contribution in [0.4, 0.5) is 5.69 Å². The molecule has 1 heterocycles. The van der Waals surface area contributed by atoms with Gasteiger partial charge in [-0.2, -0.15) is 0 Å². The molecule has 0 bridgehead atoms. The lowest BCUT2D eigenvalue weighted by molar-refractivity contribution is -0.890. The average molecular weight is 376 g/mol. The predicted octanol–water partition coefficient (Wildman–Crippen LogP) is 1.23. The van der Waals surface area contributed by atoms with Crippen molar-refractivity contribution >= 4 is 15.7 Å². The Hall–Kier alpha value is -1.89. The van der Waals surface area contributed by atoms with Crippen LogP contribution in [0.3, 0.4) is 0 Å². The van der Waals surface area contributed by atoms with E-state index in [1.165, 1.54) is 22.0 Å². The van der Waals surface area contributed by atoms with E-state index in [4.69, 9.17) is 0 Å². The van der Waals surface area contributed by atoms with Crippen molar-refractivity contribution in [2.24, 2.45) is 0 Å². The lowest BCUT2D eigenvalue weighted by atomic mass is 10.2. The van der Waals surface area contributed by atoms with E-state index >= 15 is 0 Å². The molecule has 140 valence electrons. The molecule has 3 rings (SSSR count). The number of aryl methyl sites for hydroxylation is 1. The standard InChI is InChI=1S/C20H26N2O3S/c1-17-9-11-18(12-10-17)22(16-19(23)15-21-13-5-6-14-21)26(24,25)20-7-3-2-4-8-20/h2-4,7-12,19,23H,5-6,13-16H2,1H3/p+1/t19-/m1/s1. The number of hydrogen-bond acceptors (Lipinski definition) is 3. The van der Waals surface area contributed by atoms with E-state index < -0.39 is 16.1 Å². The molecule has 0 radical (unpaired) electrons. The molecule has 0 spiro atoms. The van der Waals surface area contributed by atoms with Crippen LogP contribution in [0.1, 0.15) is 18.4 Å². The first-order valence-electron chi connectivity index (χ1n) is 9.13. The number of nitrogens with one attached hydrogen (secondary N) is 1. The molecule has 0 aromatic heterocycles. The highest BCUT2D eigenvalue weighted by molar-refractivity contribution is 7.92. The van der Waals surface area contributed by atoms with Crippen LogP contribution in [0.2, 0.25) is 0 Å². The minimum Gasteiger partial charge on any atom is -0.385 e. The van der Waals surface area contributed by atoms with Gasteiger partial charge in [0.1, 0.15) is 12.6 Å². The highest BCUT2D eigenvalue weighted by Gasteiger charge is 2.29. The summed E-state index contributed by atoms with van der Waals surface area (Å²) in [7, 11) is -3.73. The number of benzene rings is 2. The van der Waals surface area contributed by atoms with Crippen LogP contribution < -0.4 is 9.21 Å². The number of nitrogens with zero attached hydrogens (tertiary/aromatic N) is 1. The van der Waals surface area contributed by atoms with Gasteiger partial charge in [0.05, 0.1) is 30.2 Å². The van der Waals surface area contributed by atoms with E-state index in [0.29, 0.717) is 12.2 Å². The summed E-state index contributed by atoms with van der Waals surface area (Å²) in [4.78, 5) is 1.58. The molecule has 5 nitrogen and oxygen atoms in total. The summed E-state index contributed by atoms with van der Waals surface area (Å²) in [5.41, 5.74) is 1.64. The van der Waals surface area contributed by atoms with Crippen LogP contribution in [-0.2, 0) is 10.0 Å². The molecule has 0 aliphatic carbocycles. The Morgan fingerprint density at radius 2 is 1.65 bits per heavy atom. The van der Waals surface area contributed by atoms with E-state index in [-0.39, 0.29) is 11.4 Å². The van der Waals surface area contributed by atoms with Crippen molar-refractivity contribution in [3.05, 3.63) is 60.2 Å². The van der Waals surface area contributed by atoms with E-state index in [2.05, 4.69) is 0 Å². The van der Waals surface area contributed by atoms with Crippen molar-refractivity contribution in [2.45, 2.75) is 30.8 Å². The Bertz CT molecular complexity index is 801. The Morgan fingerprint density at radius 3 is 2.27 bits per heavy atom. The smallest absolute Gasteiger partial charge is 0.264 e. The second kappa shape index (κ2) is 8.20. The Labute approximate surface area is 155 Å². The molecular weight excluding hydrogens is 348 g/mol. The van der Waals surface area contributed by atoms with Crippen molar-refractivity contribution in [2.75, 3.05) is 30.5 Å². The third-order valence-corrected chi connectivity index (χ3v) is 6.67. The van der Waals surface area contributed by atoms with Crippen molar-refractivity contribution < 1.29 is 18.4 Å². The molecule has 1 saturated heterocycles. The molecule has 1 aliphatic rings. The van der Waals surface area contributed by atoms with Gasteiger partial charge in [-0.3, -0.25) is 4.31 Å².